The zero-order valence-corrected chi connectivity index (χ0v) is 30.4. The Morgan fingerprint density at radius 3 is 1.73 bits per heavy atom. The summed E-state index contributed by atoms with van der Waals surface area (Å²) >= 11 is 0. The van der Waals surface area contributed by atoms with Crippen molar-refractivity contribution in [2.24, 2.45) is 23.2 Å². The molecule has 1 fully saturated rings. The molecule has 0 amide bonds. The van der Waals surface area contributed by atoms with Gasteiger partial charge < -0.3 is 28.8 Å². The minimum Gasteiger partial charge on any atom is -0.458 e. The number of benzene rings is 2. The lowest BCUT2D eigenvalue weighted by Crippen LogP contribution is -2.55. The van der Waals surface area contributed by atoms with E-state index >= 15 is 0 Å². The molecule has 4 rings (SSSR count). The van der Waals surface area contributed by atoms with Crippen molar-refractivity contribution in [2.75, 3.05) is 0 Å². The number of ketones is 1. The van der Waals surface area contributed by atoms with Crippen LogP contribution in [0, 0.1) is 23.2 Å². The second kappa shape index (κ2) is 16.1. The van der Waals surface area contributed by atoms with Crippen LogP contribution in [-0.4, -0.2) is 76.9 Å². The Kier molecular flexibility index (Phi) is 12.3. The minimum atomic E-state index is -1.71. The summed E-state index contributed by atoms with van der Waals surface area (Å²) in [6.45, 7) is 14.2. The van der Waals surface area contributed by atoms with Gasteiger partial charge in [0.2, 0.25) is 0 Å². The van der Waals surface area contributed by atoms with Crippen molar-refractivity contribution in [1.82, 2.24) is 0 Å². The molecule has 2 aromatic carbocycles. The van der Waals surface area contributed by atoms with Crippen molar-refractivity contribution in [3.63, 3.8) is 0 Å². The number of esters is 5. The Labute approximate surface area is 303 Å². The summed E-state index contributed by atoms with van der Waals surface area (Å²) in [5, 5.41) is 12.0. The van der Waals surface area contributed by atoms with Gasteiger partial charge in [0, 0.05) is 49.5 Å². The Bertz CT molecular complexity index is 1710. The van der Waals surface area contributed by atoms with Crippen molar-refractivity contribution < 1.29 is 57.6 Å². The number of hydrogen-bond donors (Lipinski definition) is 1. The predicted molar refractivity (Wildman–Crippen MR) is 186 cm³/mol. The molecule has 0 radical (unpaired) electrons. The van der Waals surface area contributed by atoms with Crippen LogP contribution >= 0.6 is 0 Å². The number of allylic oxidation sites excluding steroid dienone is 1. The second-order valence-corrected chi connectivity index (χ2v) is 14.2. The summed E-state index contributed by atoms with van der Waals surface area (Å²) in [5.41, 5.74) is -2.78. The molecular formula is C40H46O12. The minimum absolute atomic E-state index is 0.106. The van der Waals surface area contributed by atoms with Crippen LogP contribution < -0.4 is 0 Å². The van der Waals surface area contributed by atoms with Gasteiger partial charge in [-0.05, 0) is 37.6 Å². The van der Waals surface area contributed by atoms with Gasteiger partial charge in [-0.2, -0.15) is 0 Å². The number of aliphatic hydroxyl groups excluding tert-OH is 1. The molecule has 0 spiro atoms. The first-order valence-corrected chi connectivity index (χ1v) is 17.0. The molecule has 278 valence electrons. The quantitative estimate of drug-likeness (QED) is 0.232. The number of carbonyl (C=O) groups excluding carboxylic acids is 6. The van der Waals surface area contributed by atoms with E-state index in [1.54, 1.807) is 69.3 Å². The maximum atomic E-state index is 14.4. The lowest BCUT2D eigenvalue weighted by atomic mass is 9.74. The Morgan fingerprint density at radius 1 is 0.750 bits per heavy atom. The van der Waals surface area contributed by atoms with Crippen molar-refractivity contribution in [1.29, 1.82) is 0 Å². The molecule has 2 aliphatic rings. The third-order valence-corrected chi connectivity index (χ3v) is 9.58. The number of rotatable bonds is 7. The van der Waals surface area contributed by atoms with Crippen molar-refractivity contribution in [3.8, 4) is 0 Å². The van der Waals surface area contributed by atoms with E-state index < -0.39 is 89.1 Å². The summed E-state index contributed by atoms with van der Waals surface area (Å²) in [6.07, 6.45) is -4.82. The van der Waals surface area contributed by atoms with Gasteiger partial charge in [-0.25, -0.2) is 9.59 Å². The maximum absolute atomic E-state index is 14.4. The molecule has 5 unspecified atom stereocenters. The number of aliphatic hydroxyl groups is 1. The van der Waals surface area contributed by atoms with Gasteiger partial charge in [0.25, 0.3) is 0 Å². The largest absolute Gasteiger partial charge is 0.458 e. The van der Waals surface area contributed by atoms with Gasteiger partial charge in [0.1, 0.15) is 23.6 Å². The van der Waals surface area contributed by atoms with Gasteiger partial charge in [-0.15, -0.1) is 0 Å². The molecular weight excluding hydrogens is 672 g/mol. The van der Waals surface area contributed by atoms with Crippen LogP contribution in [0.15, 0.2) is 85.0 Å². The third kappa shape index (κ3) is 8.85. The number of fused-ring (bicyclic) bond motifs is 1. The molecule has 12 heteroatoms. The van der Waals surface area contributed by atoms with Crippen LogP contribution in [0.3, 0.4) is 0 Å². The van der Waals surface area contributed by atoms with Crippen molar-refractivity contribution in [3.05, 3.63) is 96.1 Å². The molecule has 0 bridgehead atoms. The van der Waals surface area contributed by atoms with E-state index in [2.05, 4.69) is 6.58 Å². The Balaban J connectivity index is 2.04. The third-order valence-electron chi connectivity index (χ3n) is 9.58. The van der Waals surface area contributed by atoms with Crippen molar-refractivity contribution >= 4 is 35.6 Å². The molecule has 1 N–H and O–H groups in total. The lowest BCUT2D eigenvalue weighted by molar-refractivity contribution is -0.183. The molecule has 0 aliphatic heterocycles. The maximum Gasteiger partial charge on any atom is 0.338 e. The van der Waals surface area contributed by atoms with Gasteiger partial charge in [-0.3, -0.25) is 19.2 Å². The fraction of sp³-hybridized carbons (Fsp3) is 0.450. The number of carbonyl (C=O) groups is 6. The SMILES string of the molecule is C=C1C(OC(=O)c2ccccc2)C2C(C[C@](C)(OC(C)=O)C2O)C(=O)[C@H](C)/C=C\C(C)(C)C(OC(C)=O)[C@@H](OC(C)=O)[C@@H]1OC(=O)c1ccccc1. The van der Waals surface area contributed by atoms with Gasteiger partial charge in [-0.1, -0.05) is 75.9 Å². The number of hydrogen-bond acceptors (Lipinski definition) is 12. The highest BCUT2D eigenvalue weighted by Crippen LogP contribution is 2.49. The predicted octanol–water partition coefficient (Wildman–Crippen LogP) is 4.98. The van der Waals surface area contributed by atoms with E-state index in [4.69, 9.17) is 23.7 Å². The molecule has 1 saturated carbocycles. The number of ether oxygens (including phenoxy) is 5. The average Bonchev–Trinajstić information content (AvgIpc) is 3.34. The topological polar surface area (TPSA) is 169 Å². The Hall–Kier alpha value is -5.10. The summed E-state index contributed by atoms with van der Waals surface area (Å²) < 4.78 is 29.6. The van der Waals surface area contributed by atoms with Crippen LogP contribution in [0.2, 0.25) is 0 Å². The van der Waals surface area contributed by atoms with Crippen LogP contribution in [0.5, 0.6) is 0 Å². The van der Waals surface area contributed by atoms with E-state index in [9.17, 15) is 33.9 Å². The molecule has 12 nitrogen and oxygen atoms in total. The first-order chi connectivity index (χ1) is 24.4. The molecule has 0 aromatic heterocycles. The normalized spacial score (nSPS) is 30.7. The summed E-state index contributed by atoms with van der Waals surface area (Å²) in [5.74, 6) is -7.66. The van der Waals surface area contributed by atoms with Crippen LogP contribution in [0.25, 0.3) is 0 Å². The molecule has 0 heterocycles. The summed E-state index contributed by atoms with van der Waals surface area (Å²) in [6, 6.07) is 15.8. The van der Waals surface area contributed by atoms with Crippen LogP contribution in [-0.2, 0) is 42.9 Å². The number of Topliss-reactive ketones (excluding diaryl/α,β-unsaturated/α-hetero) is 1. The fourth-order valence-corrected chi connectivity index (χ4v) is 7.06. The van der Waals surface area contributed by atoms with E-state index in [1.807, 2.05) is 0 Å². The van der Waals surface area contributed by atoms with Crippen LogP contribution in [0.4, 0.5) is 0 Å². The average molecular weight is 719 g/mol. The smallest absolute Gasteiger partial charge is 0.338 e. The molecule has 52 heavy (non-hydrogen) atoms. The Morgan fingerprint density at radius 2 is 1.25 bits per heavy atom. The molecule has 9 atom stereocenters. The van der Waals surface area contributed by atoms with E-state index in [-0.39, 0.29) is 28.9 Å². The highest BCUT2D eigenvalue weighted by atomic mass is 16.6. The second-order valence-electron chi connectivity index (χ2n) is 14.2. The van der Waals surface area contributed by atoms with Crippen molar-refractivity contribution in [2.45, 2.75) is 91.0 Å². The van der Waals surface area contributed by atoms with Gasteiger partial charge in [0.05, 0.1) is 11.1 Å². The summed E-state index contributed by atoms with van der Waals surface area (Å²) in [4.78, 5) is 79.9. The highest BCUT2D eigenvalue weighted by Gasteiger charge is 2.60. The van der Waals surface area contributed by atoms with Crippen LogP contribution in [0.1, 0.15) is 75.6 Å². The van der Waals surface area contributed by atoms with E-state index in [0.29, 0.717) is 0 Å². The molecule has 2 aromatic rings. The van der Waals surface area contributed by atoms with E-state index in [0.717, 1.165) is 13.8 Å². The van der Waals surface area contributed by atoms with Gasteiger partial charge in [0.15, 0.2) is 18.3 Å². The fourth-order valence-electron chi connectivity index (χ4n) is 7.06. The molecule has 2 aliphatic carbocycles. The highest BCUT2D eigenvalue weighted by molar-refractivity contribution is 5.91. The monoisotopic (exact) mass is 718 g/mol. The zero-order chi connectivity index (χ0) is 38.5. The lowest BCUT2D eigenvalue weighted by Gasteiger charge is -2.42. The van der Waals surface area contributed by atoms with E-state index in [1.165, 1.54) is 38.1 Å². The standard InChI is InChI=1S/C40H46O12/c1-22-19-20-39(6,7)36(49-25(4)42)34(48-24(3)41)33(51-38(47)28-17-13-10-14-18-28)23(2)32(50-37(46)27-15-11-9-12-16-27)30-29(31(22)44)21-40(8,35(30)45)52-26(5)43/h9-20,22,29-30,32-36,45H,2,21H2,1,3-8H3/b20-19-/t22-,29?,30?,32?,33-,34+,35?,36?,40+/m1/s1. The molecule has 0 saturated heterocycles. The zero-order valence-electron chi connectivity index (χ0n) is 30.4. The first-order valence-electron chi connectivity index (χ1n) is 17.0. The summed E-state index contributed by atoms with van der Waals surface area (Å²) in [7, 11) is 0. The first kappa shape index (κ1) is 39.7. The van der Waals surface area contributed by atoms with Gasteiger partial charge >= 0.3 is 29.8 Å².